The van der Waals surface area contributed by atoms with E-state index in [9.17, 15) is 13.9 Å². The molecule has 2 heterocycles. The van der Waals surface area contributed by atoms with Gasteiger partial charge in [-0.05, 0) is 25.0 Å². The van der Waals surface area contributed by atoms with Crippen LogP contribution in [0.3, 0.4) is 0 Å². The van der Waals surface area contributed by atoms with Gasteiger partial charge in [-0.25, -0.2) is 8.78 Å². The van der Waals surface area contributed by atoms with Crippen LogP contribution >= 0.6 is 0 Å². The molecule has 2 aromatic rings. The Labute approximate surface area is 115 Å². The molecule has 20 heavy (non-hydrogen) atoms. The molecule has 0 saturated heterocycles. The molecule has 5 heteroatoms. The monoisotopic (exact) mass is 278 g/mol. The molecule has 0 saturated carbocycles. The summed E-state index contributed by atoms with van der Waals surface area (Å²) in [7, 11) is 0. The number of hydrogen-bond donors (Lipinski definition) is 2. The number of hydrogen-bond acceptors (Lipinski definition) is 2. The van der Waals surface area contributed by atoms with Crippen molar-refractivity contribution in [1.29, 1.82) is 0 Å². The van der Waals surface area contributed by atoms with Crippen molar-refractivity contribution < 1.29 is 13.9 Å². The lowest BCUT2D eigenvalue weighted by Crippen LogP contribution is -2.36. The quantitative estimate of drug-likeness (QED) is 0.886. The van der Waals surface area contributed by atoms with Crippen LogP contribution in [0.1, 0.15) is 18.9 Å². The van der Waals surface area contributed by atoms with Gasteiger partial charge in [-0.1, -0.05) is 6.08 Å². The van der Waals surface area contributed by atoms with Crippen LogP contribution in [-0.4, -0.2) is 34.3 Å². The van der Waals surface area contributed by atoms with Crippen molar-refractivity contribution in [2.24, 2.45) is 0 Å². The van der Waals surface area contributed by atoms with Gasteiger partial charge in [0.05, 0.1) is 5.52 Å². The van der Waals surface area contributed by atoms with E-state index in [4.69, 9.17) is 0 Å². The van der Waals surface area contributed by atoms with Gasteiger partial charge < -0.3 is 10.1 Å². The zero-order valence-corrected chi connectivity index (χ0v) is 11.2. The molecule has 3 nitrogen and oxygen atoms in total. The highest BCUT2D eigenvalue weighted by atomic mass is 19.1. The summed E-state index contributed by atoms with van der Waals surface area (Å²) in [5.41, 5.74) is 2.22. The van der Waals surface area contributed by atoms with Crippen LogP contribution in [0.15, 0.2) is 24.4 Å². The van der Waals surface area contributed by atoms with Crippen LogP contribution in [-0.2, 0) is 0 Å². The molecular weight excluding hydrogens is 262 g/mol. The third-order valence-corrected chi connectivity index (χ3v) is 3.82. The molecule has 1 unspecified atom stereocenters. The van der Waals surface area contributed by atoms with Crippen LogP contribution in [0.2, 0.25) is 0 Å². The van der Waals surface area contributed by atoms with E-state index in [1.807, 2.05) is 11.0 Å². The first kappa shape index (κ1) is 13.3. The highest BCUT2D eigenvalue weighted by molar-refractivity contribution is 5.93. The molecule has 0 fully saturated rings. The van der Waals surface area contributed by atoms with E-state index in [0.29, 0.717) is 17.4 Å². The van der Waals surface area contributed by atoms with Gasteiger partial charge in [0.15, 0.2) is 0 Å². The number of aliphatic hydroxyl groups excluding tert-OH is 1. The summed E-state index contributed by atoms with van der Waals surface area (Å²) in [6.07, 6.45) is 3.99. The fourth-order valence-corrected chi connectivity index (χ4v) is 2.69. The van der Waals surface area contributed by atoms with E-state index in [-0.39, 0.29) is 0 Å². The molecule has 1 aromatic carbocycles. The van der Waals surface area contributed by atoms with Gasteiger partial charge >= 0.3 is 0 Å². The lowest BCUT2D eigenvalue weighted by atomic mass is 9.98. The zero-order chi connectivity index (χ0) is 14.3. The Morgan fingerprint density at radius 3 is 2.80 bits per heavy atom. The van der Waals surface area contributed by atoms with E-state index in [1.54, 1.807) is 13.1 Å². The van der Waals surface area contributed by atoms with Crippen molar-refractivity contribution in [3.63, 3.8) is 0 Å². The molecule has 0 spiro atoms. The molecule has 0 aliphatic carbocycles. The number of nitrogens with zero attached hydrogens (tertiary/aromatic N) is 1. The minimum Gasteiger partial charge on any atom is -0.379 e. The summed E-state index contributed by atoms with van der Waals surface area (Å²) in [6.45, 7) is 3.10. The number of fused-ring (bicyclic) bond motifs is 1. The van der Waals surface area contributed by atoms with Gasteiger partial charge in [0.2, 0.25) is 0 Å². The second kappa shape index (κ2) is 5.00. The molecule has 1 atom stereocenters. The number of halogens is 2. The zero-order valence-electron chi connectivity index (χ0n) is 11.2. The van der Waals surface area contributed by atoms with Gasteiger partial charge in [-0.2, -0.15) is 0 Å². The minimum absolute atomic E-state index is 0.334. The van der Waals surface area contributed by atoms with Crippen molar-refractivity contribution in [3.05, 3.63) is 41.6 Å². The Kier molecular flexibility index (Phi) is 3.31. The predicted octanol–water partition coefficient (Wildman–Crippen LogP) is 2.87. The second-order valence-electron chi connectivity index (χ2n) is 5.12. The average molecular weight is 278 g/mol. The topological polar surface area (TPSA) is 39.3 Å². The maximum Gasteiger partial charge on any atom is 0.150 e. The van der Waals surface area contributed by atoms with Crippen molar-refractivity contribution in [3.8, 4) is 0 Å². The lowest BCUT2D eigenvalue weighted by molar-refractivity contribution is 0.0267. The number of benzene rings is 1. The lowest BCUT2D eigenvalue weighted by Gasteiger charge is -2.28. The number of aromatic nitrogens is 1. The summed E-state index contributed by atoms with van der Waals surface area (Å²) in [4.78, 5) is 4.80. The summed E-state index contributed by atoms with van der Waals surface area (Å²) < 4.78 is 27.0. The van der Waals surface area contributed by atoms with Crippen LogP contribution in [0, 0.1) is 11.6 Å². The number of H-pyrrole nitrogens is 1. The van der Waals surface area contributed by atoms with Crippen molar-refractivity contribution >= 4 is 16.5 Å². The normalized spacial score (nSPS) is 18.3. The molecule has 1 aliphatic rings. The van der Waals surface area contributed by atoms with Gasteiger partial charge in [0, 0.05) is 36.3 Å². The van der Waals surface area contributed by atoms with E-state index in [2.05, 4.69) is 4.98 Å². The van der Waals surface area contributed by atoms with Crippen molar-refractivity contribution in [2.75, 3.05) is 13.1 Å². The Morgan fingerprint density at radius 2 is 2.15 bits per heavy atom. The van der Waals surface area contributed by atoms with Gasteiger partial charge in [0.25, 0.3) is 0 Å². The highest BCUT2D eigenvalue weighted by Crippen LogP contribution is 2.31. The summed E-state index contributed by atoms with van der Waals surface area (Å²) >= 11 is 0. The Morgan fingerprint density at radius 1 is 1.35 bits per heavy atom. The molecule has 0 radical (unpaired) electrons. The standard InChI is InChI=1S/C15H16F2N2O/c1-9(20)19-4-2-10(3-5-19)13-8-18-15-12(13)6-11(16)7-14(15)17/h2,6-9,18,20H,3-5H2,1H3. The third kappa shape index (κ3) is 2.23. The largest absolute Gasteiger partial charge is 0.379 e. The van der Waals surface area contributed by atoms with E-state index in [1.165, 1.54) is 6.07 Å². The first-order valence-corrected chi connectivity index (χ1v) is 6.64. The molecule has 2 N–H and O–H groups in total. The van der Waals surface area contributed by atoms with Gasteiger partial charge in [-0.15, -0.1) is 0 Å². The second-order valence-corrected chi connectivity index (χ2v) is 5.12. The molecule has 1 aromatic heterocycles. The van der Waals surface area contributed by atoms with Crippen molar-refractivity contribution in [2.45, 2.75) is 19.6 Å². The molecule has 106 valence electrons. The number of nitrogens with one attached hydrogen (secondary N) is 1. The first-order valence-electron chi connectivity index (χ1n) is 6.64. The van der Waals surface area contributed by atoms with Crippen LogP contribution in [0.25, 0.3) is 16.5 Å². The summed E-state index contributed by atoms with van der Waals surface area (Å²) in [5, 5.41) is 10.1. The molecule has 1 aliphatic heterocycles. The van der Waals surface area contributed by atoms with Crippen LogP contribution < -0.4 is 0 Å². The van der Waals surface area contributed by atoms with Gasteiger partial charge in [-0.3, -0.25) is 4.90 Å². The molecule has 0 bridgehead atoms. The fraction of sp³-hybridized carbons (Fsp3) is 0.333. The van der Waals surface area contributed by atoms with Gasteiger partial charge in [0.1, 0.15) is 17.9 Å². The average Bonchev–Trinajstić information content (AvgIpc) is 2.82. The fourth-order valence-electron chi connectivity index (χ4n) is 2.69. The van der Waals surface area contributed by atoms with E-state index < -0.39 is 17.9 Å². The maximum absolute atomic E-state index is 13.7. The molecular formula is C15H16F2N2O. The highest BCUT2D eigenvalue weighted by Gasteiger charge is 2.19. The van der Waals surface area contributed by atoms with Crippen LogP contribution in [0.4, 0.5) is 8.78 Å². The Balaban J connectivity index is 2.00. The van der Waals surface area contributed by atoms with Crippen molar-refractivity contribution in [1.82, 2.24) is 9.88 Å². The van der Waals surface area contributed by atoms with E-state index in [0.717, 1.165) is 30.2 Å². The molecule has 3 rings (SSSR count). The minimum atomic E-state index is -0.576. The number of rotatable bonds is 2. The Bertz CT molecular complexity index is 676. The van der Waals surface area contributed by atoms with E-state index >= 15 is 0 Å². The predicted molar refractivity (Wildman–Crippen MR) is 74.1 cm³/mol. The Hall–Kier alpha value is -1.72. The SMILES string of the molecule is CC(O)N1CC=C(c2c[nH]c3c(F)cc(F)cc23)CC1. The summed E-state index contributed by atoms with van der Waals surface area (Å²) in [5.74, 6) is -1.15. The maximum atomic E-state index is 13.7. The number of aliphatic hydroxyl groups is 1. The third-order valence-electron chi connectivity index (χ3n) is 3.82. The molecule has 0 amide bonds. The van der Waals surface area contributed by atoms with Crippen LogP contribution in [0.5, 0.6) is 0 Å². The smallest absolute Gasteiger partial charge is 0.150 e. The first-order chi connectivity index (χ1) is 9.56. The summed E-state index contributed by atoms with van der Waals surface area (Å²) in [6, 6.07) is 2.24. The number of aromatic amines is 1.